The fourth-order valence-corrected chi connectivity index (χ4v) is 6.37. The van der Waals surface area contributed by atoms with Crippen LogP contribution in [-0.2, 0) is 4.74 Å². The molecule has 19 heavy (non-hydrogen) atoms. The van der Waals surface area contributed by atoms with Crippen LogP contribution in [-0.4, -0.2) is 23.9 Å². The second-order valence-corrected chi connectivity index (χ2v) is 8.89. The zero-order valence-electron chi connectivity index (χ0n) is 13.0. The summed E-state index contributed by atoms with van der Waals surface area (Å²) in [4.78, 5) is 0. The highest BCUT2D eigenvalue weighted by Gasteiger charge is 2.62. The minimum Gasteiger partial charge on any atom is -0.390 e. The van der Waals surface area contributed by atoms with Crippen molar-refractivity contribution in [2.75, 3.05) is 6.61 Å². The Hall–Kier alpha value is -0.0800. The van der Waals surface area contributed by atoms with E-state index in [-0.39, 0.29) is 17.6 Å². The van der Waals surface area contributed by atoms with Crippen molar-refractivity contribution in [2.24, 2.45) is 22.2 Å². The molecule has 0 spiro atoms. The Morgan fingerprint density at radius 2 is 1.63 bits per heavy atom. The van der Waals surface area contributed by atoms with Crippen LogP contribution in [0.25, 0.3) is 0 Å². The standard InChI is InChI=1S/C17H30O2/c1-12(2)19-8-14(18)17-7-13-5-15(3,10-17)9-16(4,6-13)11-17/h12-14,18H,5-11H2,1-4H3. The smallest absolute Gasteiger partial charge is 0.0830 e. The molecule has 2 nitrogen and oxygen atoms in total. The van der Waals surface area contributed by atoms with Gasteiger partial charge >= 0.3 is 0 Å². The number of aliphatic hydroxyl groups excluding tert-OH is 1. The summed E-state index contributed by atoms with van der Waals surface area (Å²) in [5.74, 6) is 0.847. The van der Waals surface area contributed by atoms with E-state index in [1.165, 1.54) is 38.5 Å². The van der Waals surface area contributed by atoms with Crippen LogP contribution in [0.15, 0.2) is 0 Å². The van der Waals surface area contributed by atoms with Gasteiger partial charge in [0.15, 0.2) is 0 Å². The topological polar surface area (TPSA) is 29.5 Å². The van der Waals surface area contributed by atoms with E-state index in [1.807, 2.05) is 0 Å². The van der Waals surface area contributed by atoms with E-state index in [2.05, 4.69) is 27.7 Å². The van der Waals surface area contributed by atoms with Crippen molar-refractivity contribution in [2.45, 2.75) is 78.4 Å². The van der Waals surface area contributed by atoms with Crippen LogP contribution in [0.3, 0.4) is 0 Å². The zero-order valence-corrected chi connectivity index (χ0v) is 13.0. The highest BCUT2D eigenvalue weighted by Crippen LogP contribution is 2.70. The third kappa shape index (κ3) is 2.35. The predicted molar refractivity (Wildman–Crippen MR) is 76.9 cm³/mol. The Morgan fingerprint density at radius 3 is 2.11 bits per heavy atom. The van der Waals surface area contributed by atoms with Crippen LogP contribution in [0, 0.1) is 22.2 Å². The lowest BCUT2D eigenvalue weighted by atomic mass is 9.39. The first kappa shape index (κ1) is 13.9. The molecular formula is C17H30O2. The predicted octanol–water partition coefficient (Wildman–Crippen LogP) is 3.77. The van der Waals surface area contributed by atoms with Gasteiger partial charge in [0.2, 0.25) is 0 Å². The van der Waals surface area contributed by atoms with E-state index in [9.17, 15) is 5.11 Å². The summed E-state index contributed by atoms with van der Waals surface area (Å²) in [6.07, 6.45) is 7.77. The molecule has 4 aliphatic rings. The average molecular weight is 266 g/mol. The van der Waals surface area contributed by atoms with E-state index in [0.29, 0.717) is 17.4 Å². The molecule has 4 aliphatic carbocycles. The maximum atomic E-state index is 10.8. The van der Waals surface area contributed by atoms with Crippen LogP contribution >= 0.6 is 0 Å². The van der Waals surface area contributed by atoms with Crippen molar-refractivity contribution in [1.29, 1.82) is 0 Å². The zero-order chi connectivity index (χ0) is 13.9. The molecule has 110 valence electrons. The summed E-state index contributed by atoms with van der Waals surface area (Å²) in [5.41, 5.74) is 1.11. The summed E-state index contributed by atoms with van der Waals surface area (Å²) in [7, 11) is 0. The first-order valence-electron chi connectivity index (χ1n) is 8.04. The molecule has 4 saturated carbocycles. The molecule has 0 aromatic rings. The molecule has 3 atom stereocenters. The maximum absolute atomic E-state index is 10.8. The molecule has 1 N–H and O–H groups in total. The number of hydrogen-bond donors (Lipinski definition) is 1. The highest BCUT2D eigenvalue weighted by molar-refractivity contribution is 5.12. The van der Waals surface area contributed by atoms with Crippen LogP contribution in [0.5, 0.6) is 0 Å². The maximum Gasteiger partial charge on any atom is 0.0830 e. The van der Waals surface area contributed by atoms with Gasteiger partial charge in [-0.15, -0.1) is 0 Å². The summed E-state index contributed by atoms with van der Waals surface area (Å²) in [6, 6.07) is 0. The van der Waals surface area contributed by atoms with Crippen molar-refractivity contribution >= 4 is 0 Å². The van der Waals surface area contributed by atoms with E-state index in [4.69, 9.17) is 4.74 Å². The molecule has 3 unspecified atom stereocenters. The van der Waals surface area contributed by atoms with Crippen LogP contribution in [0.4, 0.5) is 0 Å². The fourth-order valence-electron chi connectivity index (χ4n) is 6.37. The Kier molecular flexibility index (Phi) is 3.07. The number of aliphatic hydroxyl groups is 1. The average Bonchev–Trinajstić information content (AvgIpc) is 2.20. The molecule has 0 amide bonds. The fraction of sp³-hybridized carbons (Fsp3) is 1.00. The minimum atomic E-state index is -0.267. The SMILES string of the molecule is CC(C)OCC(O)C12CC3CC(C)(CC(C)(C3)C1)C2. The second-order valence-electron chi connectivity index (χ2n) is 8.89. The van der Waals surface area contributed by atoms with Gasteiger partial charge in [-0.3, -0.25) is 0 Å². The normalized spacial score (nSPS) is 49.9. The molecule has 4 rings (SSSR count). The van der Waals surface area contributed by atoms with Crippen molar-refractivity contribution in [3.8, 4) is 0 Å². The molecule has 0 aromatic heterocycles. The van der Waals surface area contributed by atoms with E-state index < -0.39 is 0 Å². The summed E-state index contributed by atoms with van der Waals surface area (Å²) in [5, 5.41) is 10.8. The van der Waals surface area contributed by atoms with Gasteiger partial charge in [-0.25, -0.2) is 0 Å². The molecule has 0 aliphatic heterocycles. The number of rotatable bonds is 4. The van der Waals surface area contributed by atoms with Crippen molar-refractivity contribution in [1.82, 2.24) is 0 Å². The number of hydrogen-bond acceptors (Lipinski definition) is 2. The van der Waals surface area contributed by atoms with Crippen LogP contribution < -0.4 is 0 Å². The molecular weight excluding hydrogens is 236 g/mol. The van der Waals surface area contributed by atoms with Crippen LogP contribution in [0.2, 0.25) is 0 Å². The third-order valence-corrected chi connectivity index (χ3v) is 5.96. The Morgan fingerprint density at radius 1 is 1.05 bits per heavy atom. The van der Waals surface area contributed by atoms with Gasteiger partial charge < -0.3 is 9.84 Å². The van der Waals surface area contributed by atoms with E-state index in [0.717, 1.165) is 5.92 Å². The molecule has 2 heteroatoms. The van der Waals surface area contributed by atoms with Crippen LogP contribution in [0.1, 0.15) is 66.2 Å². The number of ether oxygens (including phenoxy) is 1. The molecule has 0 heterocycles. The first-order valence-corrected chi connectivity index (χ1v) is 8.04. The highest BCUT2D eigenvalue weighted by atomic mass is 16.5. The quantitative estimate of drug-likeness (QED) is 0.839. The monoisotopic (exact) mass is 266 g/mol. The van der Waals surface area contributed by atoms with Gasteiger partial charge in [0.1, 0.15) is 0 Å². The van der Waals surface area contributed by atoms with Crippen molar-refractivity contribution in [3.63, 3.8) is 0 Å². The van der Waals surface area contributed by atoms with Gasteiger partial charge in [-0.05, 0) is 74.5 Å². The van der Waals surface area contributed by atoms with E-state index >= 15 is 0 Å². The summed E-state index contributed by atoms with van der Waals surface area (Å²) in [6.45, 7) is 9.54. The van der Waals surface area contributed by atoms with Crippen molar-refractivity contribution < 1.29 is 9.84 Å². The van der Waals surface area contributed by atoms with E-state index in [1.54, 1.807) is 0 Å². The Balaban J connectivity index is 1.80. The molecule has 4 bridgehead atoms. The lowest BCUT2D eigenvalue weighted by Crippen LogP contribution is -2.59. The molecule has 0 aromatic carbocycles. The van der Waals surface area contributed by atoms with Crippen molar-refractivity contribution in [3.05, 3.63) is 0 Å². The van der Waals surface area contributed by atoms with Gasteiger partial charge in [-0.2, -0.15) is 0 Å². The largest absolute Gasteiger partial charge is 0.390 e. The first-order chi connectivity index (χ1) is 8.74. The lowest BCUT2D eigenvalue weighted by molar-refractivity contribution is -0.197. The summed E-state index contributed by atoms with van der Waals surface area (Å²) < 4.78 is 5.71. The molecule has 0 radical (unpaired) electrons. The summed E-state index contributed by atoms with van der Waals surface area (Å²) >= 11 is 0. The Labute approximate surface area is 117 Å². The van der Waals surface area contributed by atoms with Gasteiger partial charge in [0.05, 0.1) is 18.8 Å². The van der Waals surface area contributed by atoms with Gasteiger partial charge in [-0.1, -0.05) is 13.8 Å². The lowest BCUT2D eigenvalue weighted by Gasteiger charge is -2.66. The molecule has 0 saturated heterocycles. The Bertz CT molecular complexity index is 344. The minimum absolute atomic E-state index is 0.151. The van der Waals surface area contributed by atoms with Gasteiger partial charge in [0, 0.05) is 0 Å². The van der Waals surface area contributed by atoms with Gasteiger partial charge in [0.25, 0.3) is 0 Å². The molecule has 4 fully saturated rings. The second kappa shape index (κ2) is 4.21. The third-order valence-electron chi connectivity index (χ3n) is 5.96.